The fraction of sp³-hybridized carbons (Fsp3) is 0.231. The van der Waals surface area contributed by atoms with Gasteiger partial charge < -0.3 is 20.7 Å². The zero-order valence-corrected chi connectivity index (χ0v) is 18.4. The van der Waals surface area contributed by atoms with E-state index in [1.54, 1.807) is 48.5 Å². The minimum Gasteiger partial charge on any atom is -0.457 e. The van der Waals surface area contributed by atoms with E-state index < -0.39 is 5.91 Å². The monoisotopic (exact) mass is 444 g/mol. The molecule has 1 saturated heterocycles. The minimum absolute atomic E-state index is 0.102. The van der Waals surface area contributed by atoms with Crippen molar-refractivity contribution in [3.8, 4) is 11.5 Å². The molecule has 33 heavy (non-hydrogen) atoms. The molecular formula is C26H28N4O3. The van der Waals surface area contributed by atoms with Gasteiger partial charge in [0.1, 0.15) is 11.5 Å². The first-order valence-electron chi connectivity index (χ1n) is 11.1. The molecule has 0 saturated carbocycles. The van der Waals surface area contributed by atoms with Gasteiger partial charge in [-0.15, -0.1) is 0 Å². The van der Waals surface area contributed by atoms with Crippen LogP contribution < -0.4 is 20.7 Å². The lowest BCUT2D eigenvalue weighted by atomic mass is 10.2. The van der Waals surface area contributed by atoms with Gasteiger partial charge >= 0.3 is 0 Å². The minimum atomic E-state index is -0.480. The highest BCUT2D eigenvalue weighted by atomic mass is 16.5. The molecule has 4 rings (SSSR count). The number of piperazine rings is 1. The molecule has 0 spiro atoms. The third-order valence-corrected chi connectivity index (χ3v) is 5.70. The maximum atomic E-state index is 12.5. The number of hydrogen-bond donors (Lipinski definition) is 2. The summed E-state index contributed by atoms with van der Waals surface area (Å²) in [6.07, 6.45) is 0. The first kappa shape index (κ1) is 22.4. The fourth-order valence-electron chi connectivity index (χ4n) is 3.80. The standard InChI is InChI=1S/C26H28N4O3/c27-25(31)20-6-10-23(11-7-20)33-24-12-8-21(9-13-24)26(32)28-14-15-29-16-18-30(19-17-29)22-4-2-1-3-5-22/h1-13H,14-19H2,(H2,27,31)(H,28,32). The van der Waals surface area contributed by atoms with Crippen molar-refractivity contribution in [2.24, 2.45) is 5.73 Å². The lowest BCUT2D eigenvalue weighted by molar-refractivity contribution is 0.0946. The van der Waals surface area contributed by atoms with Gasteiger partial charge in [0.05, 0.1) is 0 Å². The highest BCUT2D eigenvalue weighted by molar-refractivity contribution is 5.94. The number of ether oxygens (including phenoxy) is 1. The van der Waals surface area contributed by atoms with Crippen molar-refractivity contribution in [3.63, 3.8) is 0 Å². The second-order valence-electron chi connectivity index (χ2n) is 7.94. The molecule has 7 nitrogen and oxygen atoms in total. The number of carbonyl (C=O) groups is 2. The first-order chi connectivity index (χ1) is 16.1. The molecule has 0 unspecified atom stereocenters. The van der Waals surface area contributed by atoms with Crippen LogP contribution in [0.3, 0.4) is 0 Å². The van der Waals surface area contributed by atoms with Crippen LogP contribution in [0.15, 0.2) is 78.9 Å². The number of nitrogens with one attached hydrogen (secondary N) is 1. The number of anilines is 1. The number of benzene rings is 3. The van der Waals surface area contributed by atoms with Crippen LogP contribution in [0.4, 0.5) is 5.69 Å². The lowest BCUT2D eigenvalue weighted by Crippen LogP contribution is -2.48. The van der Waals surface area contributed by atoms with Gasteiger partial charge in [-0.3, -0.25) is 14.5 Å². The number of para-hydroxylation sites is 1. The van der Waals surface area contributed by atoms with Gasteiger partial charge in [0, 0.05) is 56.1 Å². The molecular weight excluding hydrogens is 416 g/mol. The van der Waals surface area contributed by atoms with Crippen LogP contribution in [0.2, 0.25) is 0 Å². The van der Waals surface area contributed by atoms with Crippen molar-refractivity contribution in [3.05, 3.63) is 90.0 Å². The van der Waals surface area contributed by atoms with Crippen LogP contribution in [-0.2, 0) is 0 Å². The Balaban J connectivity index is 1.19. The fourth-order valence-corrected chi connectivity index (χ4v) is 3.80. The van der Waals surface area contributed by atoms with Crippen molar-refractivity contribution in [2.75, 3.05) is 44.2 Å². The Morgan fingerprint density at radius 3 is 1.94 bits per heavy atom. The maximum Gasteiger partial charge on any atom is 0.251 e. The molecule has 0 atom stereocenters. The quantitative estimate of drug-likeness (QED) is 0.557. The van der Waals surface area contributed by atoms with E-state index in [1.807, 2.05) is 6.07 Å². The predicted molar refractivity (Wildman–Crippen MR) is 129 cm³/mol. The highest BCUT2D eigenvalue weighted by Gasteiger charge is 2.17. The summed E-state index contributed by atoms with van der Waals surface area (Å²) in [5.41, 5.74) is 7.52. The summed E-state index contributed by atoms with van der Waals surface area (Å²) < 4.78 is 5.75. The second kappa shape index (κ2) is 10.7. The average molecular weight is 445 g/mol. The molecule has 0 bridgehead atoms. The Kier molecular flexibility index (Phi) is 7.22. The number of nitrogens with two attached hydrogens (primary N) is 1. The molecule has 1 heterocycles. The van der Waals surface area contributed by atoms with E-state index in [0.717, 1.165) is 32.7 Å². The van der Waals surface area contributed by atoms with Crippen molar-refractivity contribution in [1.82, 2.24) is 10.2 Å². The molecule has 0 aliphatic carbocycles. The molecule has 3 N–H and O–H groups in total. The number of hydrogen-bond acceptors (Lipinski definition) is 5. The van der Waals surface area contributed by atoms with E-state index in [1.165, 1.54) is 5.69 Å². The normalized spacial score (nSPS) is 14.0. The Morgan fingerprint density at radius 2 is 1.36 bits per heavy atom. The molecule has 170 valence electrons. The van der Waals surface area contributed by atoms with Crippen LogP contribution in [0.1, 0.15) is 20.7 Å². The molecule has 0 radical (unpaired) electrons. The van der Waals surface area contributed by atoms with Gasteiger partial charge in [-0.1, -0.05) is 18.2 Å². The number of nitrogens with zero attached hydrogens (tertiary/aromatic N) is 2. The van der Waals surface area contributed by atoms with E-state index in [4.69, 9.17) is 10.5 Å². The topological polar surface area (TPSA) is 87.9 Å². The lowest BCUT2D eigenvalue weighted by Gasteiger charge is -2.36. The maximum absolute atomic E-state index is 12.5. The largest absolute Gasteiger partial charge is 0.457 e. The second-order valence-corrected chi connectivity index (χ2v) is 7.94. The van der Waals surface area contributed by atoms with Crippen molar-refractivity contribution < 1.29 is 14.3 Å². The Hall–Kier alpha value is -3.84. The van der Waals surface area contributed by atoms with Crippen molar-refractivity contribution in [1.29, 1.82) is 0 Å². The average Bonchev–Trinajstić information content (AvgIpc) is 2.86. The van der Waals surface area contributed by atoms with Crippen LogP contribution in [0.25, 0.3) is 0 Å². The number of primary amides is 1. The van der Waals surface area contributed by atoms with Gasteiger partial charge in [-0.05, 0) is 60.7 Å². The predicted octanol–water partition coefficient (Wildman–Crippen LogP) is 3.13. The van der Waals surface area contributed by atoms with Gasteiger partial charge in [-0.25, -0.2) is 0 Å². The van der Waals surface area contributed by atoms with Crippen molar-refractivity contribution >= 4 is 17.5 Å². The van der Waals surface area contributed by atoms with Crippen LogP contribution in [-0.4, -0.2) is 56.0 Å². The number of rotatable bonds is 8. The molecule has 1 aliphatic rings. The van der Waals surface area contributed by atoms with Crippen LogP contribution in [0.5, 0.6) is 11.5 Å². The van der Waals surface area contributed by atoms with Crippen molar-refractivity contribution in [2.45, 2.75) is 0 Å². The summed E-state index contributed by atoms with van der Waals surface area (Å²) in [4.78, 5) is 28.4. The van der Waals surface area contributed by atoms with E-state index in [2.05, 4.69) is 39.4 Å². The van der Waals surface area contributed by atoms with E-state index in [-0.39, 0.29) is 5.91 Å². The van der Waals surface area contributed by atoms with Gasteiger partial charge in [-0.2, -0.15) is 0 Å². The Bertz CT molecular complexity index is 1060. The Morgan fingerprint density at radius 1 is 0.788 bits per heavy atom. The summed E-state index contributed by atoms with van der Waals surface area (Å²) in [5.74, 6) is 0.612. The molecule has 1 aliphatic heterocycles. The third kappa shape index (κ3) is 6.11. The zero-order valence-electron chi connectivity index (χ0n) is 18.4. The molecule has 3 aromatic carbocycles. The molecule has 1 fully saturated rings. The smallest absolute Gasteiger partial charge is 0.251 e. The van der Waals surface area contributed by atoms with E-state index in [9.17, 15) is 9.59 Å². The zero-order chi connectivity index (χ0) is 23.0. The Labute approximate surface area is 193 Å². The third-order valence-electron chi connectivity index (χ3n) is 5.70. The van der Waals surface area contributed by atoms with Gasteiger partial charge in [0.25, 0.3) is 5.91 Å². The summed E-state index contributed by atoms with van der Waals surface area (Å²) in [7, 11) is 0. The summed E-state index contributed by atoms with van der Waals surface area (Å²) >= 11 is 0. The first-order valence-corrected chi connectivity index (χ1v) is 11.1. The van der Waals surface area contributed by atoms with Gasteiger partial charge in [0.15, 0.2) is 0 Å². The SMILES string of the molecule is NC(=O)c1ccc(Oc2ccc(C(=O)NCCN3CCN(c4ccccc4)CC3)cc2)cc1. The van der Waals surface area contributed by atoms with Crippen LogP contribution in [0, 0.1) is 0 Å². The summed E-state index contributed by atoms with van der Waals surface area (Å²) in [6, 6.07) is 24.0. The molecule has 7 heteroatoms. The van der Waals surface area contributed by atoms with E-state index in [0.29, 0.717) is 29.2 Å². The summed E-state index contributed by atoms with van der Waals surface area (Å²) in [6.45, 7) is 5.38. The summed E-state index contributed by atoms with van der Waals surface area (Å²) in [5, 5.41) is 3.00. The molecule has 2 amide bonds. The van der Waals surface area contributed by atoms with E-state index >= 15 is 0 Å². The number of carbonyl (C=O) groups excluding carboxylic acids is 2. The highest BCUT2D eigenvalue weighted by Crippen LogP contribution is 2.22. The number of amides is 2. The van der Waals surface area contributed by atoms with Crippen LogP contribution >= 0.6 is 0 Å². The molecule has 3 aromatic rings. The molecule has 0 aromatic heterocycles. The van der Waals surface area contributed by atoms with Gasteiger partial charge in [0.2, 0.25) is 5.91 Å².